The van der Waals surface area contributed by atoms with Crippen molar-refractivity contribution in [1.29, 1.82) is 0 Å². The van der Waals surface area contributed by atoms with E-state index in [9.17, 15) is 9.18 Å². The summed E-state index contributed by atoms with van der Waals surface area (Å²) >= 11 is 3.34. The number of oxime groups is 1. The Morgan fingerprint density at radius 1 is 1.17 bits per heavy atom. The highest BCUT2D eigenvalue weighted by Crippen LogP contribution is 2.09. The van der Waals surface area contributed by atoms with E-state index in [2.05, 4.69) is 26.4 Å². The quantitative estimate of drug-likeness (QED) is 0.593. The maximum absolute atomic E-state index is 12.8. The maximum Gasteiger partial charge on any atom is 0.260 e. The van der Waals surface area contributed by atoms with Gasteiger partial charge in [-0.05, 0) is 41.8 Å². The van der Waals surface area contributed by atoms with Gasteiger partial charge in [-0.25, -0.2) is 4.39 Å². The van der Waals surface area contributed by atoms with Crippen molar-refractivity contribution >= 4 is 28.1 Å². The van der Waals surface area contributed by atoms with Gasteiger partial charge in [0.1, 0.15) is 5.82 Å². The number of amides is 1. The third-order valence-electron chi connectivity index (χ3n) is 2.99. The molecule has 120 valence electrons. The molecule has 0 unspecified atom stereocenters. The molecule has 4 nitrogen and oxygen atoms in total. The summed E-state index contributed by atoms with van der Waals surface area (Å²) < 4.78 is 13.7. The highest BCUT2D eigenvalue weighted by atomic mass is 79.9. The lowest BCUT2D eigenvalue weighted by Gasteiger charge is -2.04. The van der Waals surface area contributed by atoms with Gasteiger partial charge in [-0.2, -0.15) is 0 Å². The average Bonchev–Trinajstić information content (AvgIpc) is 2.55. The monoisotopic (exact) mass is 378 g/mol. The standard InChI is InChI=1S/C17H16BrFN2O2/c18-15-5-1-14(2-6-15)11-21-23-12-17(22)20-10-9-13-3-7-16(19)8-4-13/h1-8,11H,9-10,12H2,(H,20,22)/b21-11-. The molecule has 0 saturated heterocycles. The Bertz CT molecular complexity index is 657. The van der Waals surface area contributed by atoms with Crippen LogP contribution >= 0.6 is 15.9 Å². The second-order valence-electron chi connectivity index (χ2n) is 4.79. The van der Waals surface area contributed by atoms with Crippen molar-refractivity contribution in [2.75, 3.05) is 13.2 Å². The van der Waals surface area contributed by atoms with Crippen molar-refractivity contribution in [2.24, 2.45) is 5.16 Å². The number of rotatable bonds is 7. The molecule has 0 radical (unpaired) electrons. The zero-order valence-electron chi connectivity index (χ0n) is 12.3. The molecule has 0 heterocycles. The number of carbonyl (C=O) groups excluding carboxylic acids is 1. The molecule has 0 atom stereocenters. The van der Waals surface area contributed by atoms with Crippen molar-refractivity contribution in [1.82, 2.24) is 5.32 Å². The van der Waals surface area contributed by atoms with Crippen molar-refractivity contribution in [2.45, 2.75) is 6.42 Å². The van der Waals surface area contributed by atoms with Crippen molar-refractivity contribution in [3.63, 3.8) is 0 Å². The Morgan fingerprint density at radius 3 is 2.57 bits per heavy atom. The van der Waals surface area contributed by atoms with E-state index in [1.807, 2.05) is 24.3 Å². The van der Waals surface area contributed by atoms with E-state index in [0.717, 1.165) is 15.6 Å². The number of carbonyl (C=O) groups is 1. The lowest BCUT2D eigenvalue weighted by Crippen LogP contribution is -2.28. The van der Waals surface area contributed by atoms with Crippen LogP contribution in [-0.4, -0.2) is 25.3 Å². The summed E-state index contributed by atoms with van der Waals surface area (Å²) in [6, 6.07) is 13.7. The lowest BCUT2D eigenvalue weighted by molar-refractivity contribution is -0.125. The first kappa shape index (κ1) is 17.1. The van der Waals surface area contributed by atoms with E-state index in [1.54, 1.807) is 12.1 Å². The molecule has 2 aromatic carbocycles. The molecule has 2 rings (SSSR count). The number of hydrogen-bond acceptors (Lipinski definition) is 3. The molecular formula is C17H16BrFN2O2. The maximum atomic E-state index is 12.8. The van der Waals surface area contributed by atoms with Gasteiger partial charge in [0.25, 0.3) is 5.91 Å². The molecule has 0 aliphatic rings. The Balaban J connectivity index is 1.63. The van der Waals surface area contributed by atoms with Crippen LogP contribution in [0.25, 0.3) is 0 Å². The van der Waals surface area contributed by atoms with Crippen LogP contribution in [0.3, 0.4) is 0 Å². The molecule has 0 saturated carbocycles. The lowest BCUT2D eigenvalue weighted by atomic mass is 10.1. The highest BCUT2D eigenvalue weighted by Gasteiger charge is 2.01. The van der Waals surface area contributed by atoms with Gasteiger partial charge in [-0.1, -0.05) is 45.4 Å². The number of hydrogen-bond donors (Lipinski definition) is 1. The van der Waals surface area contributed by atoms with Gasteiger partial charge in [0.05, 0.1) is 6.21 Å². The minimum Gasteiger partial charge on any atom is -0.386 e. The number of nitrogens with zero attached hydrogens (tertiary/aromatic N) is 1. The minimum absolute atomic E-state index is 0.142. The van der Waals surface area contributed by atoms with E-state index < -0.39 is 0 Å². The topological polar surface area (TPSA) is 50.7 Å². The van der Waals surface area contributed by atoms with Crippen LogP contribution in [0.15, 0.2) is 58.2 Å². The van der Waals surface area contributed by atoms with E-state index in [4.69, 9.17) is 4.84 Å². The summed E-state index contributed by atoms with van der Waals surface area (Å²) in [6.45, 7) is 0.320. The molecule has 0 aliphatic heterocycles. The normalized spacial score (nSPS) is 10.7. The molecule has 0 spiro atoms. The highest BCUT2D eigenvalue weighted by molar-refractivity contribution is 9.10. The molecule has 0 bridgehead atoms. The molecule has 0 aromatic heterocycles. The number of halogens is 2. The van der Waals surface area contributed by atoms with Crippen LogP contribution in [0.5, 0.6) is 0 Å². The summed E-state index contributed by atoms with van der Waals surface area (Å²) in [4.78, 5) is 16.5. The summed E-state index contributed by atoms with van der Waals surface area (Å²) in [6.07, 6.45) is 2.17. The fourth-order valence-corrected chi connectivity index (χ4v) is 2.06. The fraction of sp³-hybridized carbons (Fsp3) is 0.176. The third-order valence-corrected chi connectivity index (χ3v) is 3.52. The second kappa shape index (κ2) is 9.05. The van der Waals surface area contributed by atoms with Crippen LogP contribution in [-0.2, 0) is 16.1 Å². The van der Waals surface area contributed by atoms with E-state index >= 15 is 0 Å². The summed E-state index contributed by atoms with van der Waals surface area (Å²) in [5.74, 6) is -0.519. The fourth-order valence-electron chi connectivity index (χ4n) is 1.79. The zero-order chi connectivity index (χ0) is 16.5. The molecule has 23 heavy (non-hydrogen) atoms. The molecule has 0 aliphatic carbocycles. The zero-order valence-corrected chi connectivity index (χ0v) is 13.9. The Labute approximate surface area is 142 Å². The first-order valence-electron chi connectivity index (χ1n) is 7.05. The second-order valence-corrected chi connectivity index (χ2v) is 5.70. The first-order chi connectivity index (χ1) is 11.1. The van der Waals surface area contributed by atoms with Crippen LogP contribution < -0.4 is 5.32 Å². The largest absolute Gasteiger partial charge is 0.386 e. The molecule has 1 amide bonds. The van der Waals surface area contributed by atoms with Gasteiger partial charge in [0.15, 0.2) is 6.61 Å². The van der Waals surface area contributed by atoms with Gasteiger partial charge >= 0.3 is 0 Å². The van der Waals surface area contributed by atoms with E-state index in [-0.39, 0.29) is 18.3 Å². The minimum atomic E-state index is -0.269. The van der Waals surface area contributed by atoms with Crippen molar-refractivity contribution in [3.05, 3.63) is 69.9 Å². The van der Waals surface area contributed by atoms with Gasteiger partial charge in [0, 0.05) is 11.0 Å². The van der Waals surface area contributed by atoms with Crippen LogP contribution in [0.2, 0.25) is 0 Å². The molecular weight excluding hydrogens is 363 g/mol. The average molecular weight is 379 g/mol. The van der Waals surface area contributed by atoms with Gasteiger partial charge < -0.3 is 10.2 Å². The van der Waals surface area contributed by atoms with Gasteiger partial charge in [-0.15, -0.1) is 0 Å². The summed E-state index contributed by atoms with van der Waals surface area (Å²) in [5.41, 5.74) is 1.84. The predicted octanol–water partition coefficient (Wildman–Crippen LogP) is 3.30. The van der Waals surface area contributed by atoms with E-state index in [0.29, 0.717) is 13.0 Å². The van der Waals surface area contributed by atoms with Crippen molar-refractivity contribution in [3.8, 4) is 0 Å². The third kappa shape index (κ3) is 6.61. The van der Waals surface area contributed by atoms with Crippen LogP contribution in [0, 0.1) is 5.82 Å². The summed E-state index contributed by atoms with van der Waals surface area (Å²) in [5, 5.41) is 6.46. The van der Waals surface area contributed by atoms with Crippen LogP contribution in [0.1, 0.15) is 11.1 Å². The number of nitrogens with one attached hydrogen (secondary N) is 1. The van der Waals surface area contributed by atoms with Gasteiger partial charge in [-0.3, -0.25) is 4.79 Å². The summed E-state index contributed by atoms with van der Waals surface area (Å²) in [7, 11) is 0. The smallest absolute Gasteiger partial charge is 0.260 e. The molecule has 6 heteroatoms. The van der Waals surface area contributed by atoms with Crippen LogP contribution in [0.4, 0.5) is 4.39 Å². The molecule has 2 aromatic rings. The number of benzene rings is 2. The first-order valence-corrected chi connectivity index (χ1v) is 7.85. The molecule has 0 fully saturated rings. The Morgan fingerprint density at radius 2 is 1.87 bits per heavy atom. The Kier molecular flexibility index (Phi) is 6.75. The Hall–Kier alpha value is -2.21. The predicted molar refractivity (Wildman–Crippen MR) is 90.8 cm³/mol. The molecule has 1 N–H and O–H groups in total. The SMILES string of the molecule is O=C(CO/N=C\c1ccc(Br)cc1)NCCc1ccc(F)cc1. The van der Waals surface area contributed by atoms with Gasteiger partial charge in [0.2, 0.25) is 0 Å². The van der Waals surface area contributed by atoms with E-state index in [1.165, 1.54) is 18.3 Å². The van der Waals surface area contributed by atoms with Crippen molar-refractivity contribution < 1.29 is 14.0 Å².